The van der Waals surface area contributed by atoms with Gasteiger partial charge < -0.3 is 10.1 Å². The zero-order valence-electron chi connectivity index (χ0n) is 16.5. The van der Waals surface area contributed by atoms with Crippen LogP contribution in [0, 0.1) is 11.8 Å². The van der Waals surface area contributed by atoms with Gasteiger partial charge in [-0.05, 0) is 52.2 Å². The molecule has 0 fully saturated rings. The van der Waals surface area contributed by atoms with Crippen LogP contribution in [0.25, 0.3) is 0 Å². The van der Waals surface area contributed by atoms with E-state index in [9.17, 15) is 0 Å². The van der Waals surface area contributed by atoms with Crippen molar-refractivity contribution >= 4 is 38.1 Å². The molecular formula is C17H42BrFeNOP2. The molecule has 0 aliphatic heterocycles. The van der Waals surface area contributed by atoms with Crippen molar-refractivity contribution in [2.45, 2.75) is 66.7 Å². The predicted octanol–water partition coefficient (Wildman–Crippen LogP) is 5.08. The normalized spacial score (nSPS) is 10.1. The molecule has 1 unspecified atom stereocenters. The van der Waals surface area contributed by atoms with Crippen LogP contribution in [-0.4, -0.2) is 43.5 Å². The molecule has 0 aromatic heterocycles. The fraction of sp³-hybridized carbons (Fsp3) is 0.941. The minimum atomic E-state index is -0.128. The van der Waals surface area contributed by atoms with Gasteiger partial charge in [0.15, 0.2) is 0 Å². The number of hydrogen-bond acceptors (Lipinski definition) is 2. The summed E-state index contributed by atoms with van der Waals surface area (Å²) in [6.45, 7) is 24.1. The standard InChI is InChI=1S/C10H25NP2.C6H14.CHO.BrH.Fe.H/c1-9(2)13(10(3)4)8-6-11-5-7-12;1-5(2)6(3)4;1-2;;;/h9-11H,5-8,12H2,1-4H3;5-6H,1-4H3;1H;1H;;/q;;-1;;+1;. The van der Waals surface area contributed by atoms with Crippen LogP contribution in [0.4, 0.5) is 0 Å². The van der Waals surface area contributed by atoms with Gasteiger partial charge in [-0.2, -0.15) is 0 Å². The first-order valence-electron chi connectivity index (χ1n) is 8.38. The second-order valence-electron chi connectivity index (χ2n) is 6.66. The van der Waals surface area contributed by atoms with Crippen LogP contribution in [0.5, 0.6) is 0 Å². The van der Waals surface area contributed by atoms with E-state index in [1.807, 2.05) is 0 Å². The average Bonchev–Trinajstić information content (AvgIpc) is 2.51. The molecule has 146 valence electrons. The Bertz CT molecular complexity index is 195. The van der Waals surface area contributed by atoms with Crippen molar-refractivity contribution in [1.82, 2.24) is 5.32 Å². The average molecular weight is 474 g/mol. The molecule has 0 radical (unpaired) electrons. The van der Waals surface area contributed by atoms with E-state index >= 15 is 0 Å². The summed E-state index contributed by atoms with van der Waals surface area (Å²) in [4.78, 5) is 7.75. The number of hydrogen-bond donors (Lipinski definition) is 1. The Balaban J connectivity index is -0.000000151. The number of rotatable bonds is 8. The summed E-state index contributed by atoms with van der Waals surface area (Å²) in [5.41, 5.74) is 1.84. The maximum atomic E-state index is 7.75. The van der Waals surface area contributed by atoms with E-state index in [1.54, 1.807) is 0 Å². The molecule has 0 aromatic carbocycles. The summed E-state index contributed by atoms with van der Waals surface area (Å²) < 4.78 is 0. The third-order valence-electron chi connectivity index (χ3n) is 3.73. The molecule has 0 aliphatic rings. The van der Waals surface area contributed by atoms with E-state index in [2.05, 4.69) is 105 Å². The van der Waals surface area contributed by atoms with Gasteiger partial charge in [0, 0.05) is 14.5 Å². The molecule has 0 bridgehead atoms. The SMILES string of the molecule is CC(C)C(C)C.CC(C)[PH+](CCNCCP)C(C)C.[CH-]=O.[FeH][Br]. The molecule has 1 atom stereocenters. The quantitative estimate of drug-likeness (QED) is 0.175. The zero-order valence-corrected chi connectivity index (χ0v) is 21.4. The van der Waals surface area contributed by atoms with Crippen LogP contribution in [0.15, 0.2) is 0 Å². The number of nitrogens with one attached hydrogen (secondary N) is 1. The van der Waals surface area contributed by atoms with Crippen molar-refractivity contribution in [3.8, 4) is 0 Å². The summed E-state index contributed by atoms with van der Waals surface area (Å²) in [5.74, 6) is 1.70. The van der Waals surface area contributed by atoms with E-state index in [0.717, 1.165) is 29.7 Å². The van der Waals surface area contributed by atoms with Gasteiger partial charge in [-0.3, -0.25) is 6.79 Å². The number of halogens is 1. The van der Waals surface area contributed by atoms with E-state index in [4.69, 9.17) is 4.79 Å². The van der Waals surface area contributed by atoms with E-state index < -0.39 is 0 Å². The third kappa shape index (κ3) is 28.6. The molecule has 2 nitrogen and oxygen atoms in total. The van der Waals surface area contributed by atoms with Crippen molar-refractivity contribution in [1.29, 1.82) is 0 Å². The fourth-order valence-electron chi connectivity index (χ4n) is 1.70. The van der Waals surface area contributed by atoms with Gasteiger partial charge in [0.05, 0.1) is 17.5 Å². The first-order chi connectivity index (χ1) is 10.7. The molecule has 0 saturated carbocycles. The molecule has 1 N–H and O–H groups in total. The Morgan fingerprint density at radius 1 is 0.913 bits per heavy atom. The minimum absolute atomic E-state index is 0.128. The molecular weight excluding hydrogens is 432 g/mol. The molecule has 0 aliphatic carbocycles. The summed E-state index contributed by atoms with van der Waals surface area (Å²) in [6.07, 6.45) is 2.59. The Hall–Kier alpha value is 1.49. The van der Waals surface area contributed by atoms with Crippen LogP contribution in [0.1, 0.15) is 55.4 Å². The molecule has 0 heterocycles. The molecule has 23 heavy (non-hydrogen) atoms. The van der Waals surface area contributed by atoms with Gasteiger partial charge >= 0.3 is 28.3 Å². The first kappa shape index (κ1) is 32.2. The maximum absolute atomic E-state index is 7.75. The molecule has 6 heteroatoms. The Morgan fingerprint density at radius 2 is 1.26 bits per heavy atom. The summed E-state index contributed by atoms with van der Waals surface area (Å²) in [6, 6.07) is 0. The van der Waals surface area contributed by atoms with Crippen LogP contribution >= 0.6 is 31.3 Å². The van der Waals surface area contributed by atoms with Crippen LogP contribution in [-0.2, 0) is 19.0 Å². The van der Waals surface area contributed by atoms with Crippen LogP contribution < -0.4 is 5.32 Å². The van der Waals surface area contributed by atoms with Gasteiger partial charge in [-0.1, -0.05) is 27.7 Å². The third-order valence-corrected chi connectivity index (χ3v) is 7.81. The fourth-order valence-corrected chi connectivity index (χ4v) is 4.86. The molecule has 0 rings (SSSR count). The van der Waals surface area contributed by atoms with E-state index in [1.165, 1.54) is 18.9 Å². The van der Waals surface area contributed by atoms with Crippen molar-refractivity contribution in [2.24, 2.45) is 11.8 Å². The Labute approximate surface area is 166 Å². The van der Waals surface area contributed by atoms with Crippen molar-refractivity contribution in [3.05, 3.63) is 0 Å². The van der Waals surface area contributed by atoms with Gasteiger partial charge in [-0.25, -0.2) is 0 Å². The van der Waals surface area contributed by atoms with Crippen LogP contribution in [0.3, 0.4) is 0 Å². The van der Waals surface area contributed by atoms with E-state index in [-0.39, 0.29) is 7.92 Å². The van der Waals surface area contributed by atoms with Crippen molar-refractivity contribution in [2.75, 3.05) is 25.4 Å². The van der Waals surface area contributed by atoms with Gasteiger partial charge in [-0.15, -0.1) is 9.24 Å². The monoisotopic (exact) mass is 473 g/mol. The van der Waals surface area contributed by atoms with Gasteiger partial charge in [0.25, 0.3) is 0 Å². The number of carbonyl (C=O) groups excluding carboxylic acids is 1. The van der Waals surface area contributed by atoms with Gasteiger partial charge in [0.2, 0.25) is 0 Å². The van der Waals surface area contributed by atoms with Crippen molar-refractivity contribution < 1.29 is 19.0 Å². The molecule has 0 spiro atoms. The van der Waals surface area contributed by atoms with Gasteiger partial charge in [0.1, 0.15) is 0 Å². The van der Waals surface area contributed by atoms with Crippen molar-refractivity contribution in [3.63, 3.8) is 0 Å². The predicted molar refractivity (Wildman–Crippen MR) is 118 cm³/mol. The first-order valence-corrected chi connectivity index (χ1v) is 14.0. The topological polar surface area (TPSA) is 29.1 Å². The second-order valence-corrected chi connectivity index (χ2v) is 11.2. The van der Waals surface area contributed by atoms with E-state index in [0.29, 0.717) is 0 Å². The Kier molecular flexibility index (Phi) is 36.0. The summed E-state index contributed by atoms with van der Waals surface area (Å²) in [5, 5.41) is 3.48. The Morgan fingerprint density at radius 3 is 1.48 bits per heavy atom. The second kappa shape index (κ2) is 25.7. The van der Waals surface area contributed by atoms with Crippen LogP contribution in [0.2, 0.25) is 0 Å². The molecule has 0 aromatic rings. The summed E-state index contributed by atoms with van der Waals surface area (Å²) >= 11 is 5.50. The zero-order chi connectivity index (χ0) is 19.4. The molecule has 0 amide bonds. The molecule has 0 saturated heterocycles. The summed E-state index contributed by atoms with van der Waals surface area (Å²) in [7, 11) is 2.63.